The van der Waals surface area contributed by atoms with Crippen LogP contribution >= 0.6 is 0 Å². The average molecular weight is 330 g/mol. The summed E-state index contributed by atoms with van der Waals surface area (Å²) in [5.74, 6) is -0.107. The minimum absolute atomic E-state index is 0.0643. The molecule has 24 heavy (non-hydrogen) atoms. The zero-order valence-electron chi connectivity index (χ0n) is 14.5. The molecule has 0 aromatic heterocycles. The van der Waals surface area contributed by atoms with Crippen molar-refractivity contribution < 1.29 is 14.4 Å². The Kier molecular flexibility index (Phi) is 5.19. The Balaban J connectivity index is 1.66. The van der Waals surface area contributed by atoms with E-state index < -0.39 is 5.41 Å². The fourth-order valence-corrected chi connectivity index (χ4v) is 3.57. The van der Waals surface area contributed by atoms with Crippen molar-refractivity contribution in [3.63, 3.8) is 0 Å². The fraction of sp³-hybridized carbons (Fsp3) is 0.579. The second kappa shape index (κ2) is 7.34. The van der Waals surface area contributed by atoms with Gasteiger partial charge >= 0.3 is 5.97 Å². The molecule has 130 valence electrons. The van der Waals surface area contributed by atoms with Crippen LogP contribution in [-0.2, 0) is 14.4 Å². The molecular weight excluding hydrogens is 304 g/mol. The fourth-order valence-electron chi connectivity index (χ4n) is 3.57. The van der Waals surface area contributed by atoms with Crippen molar-refractivity contribution >= 4 is 11.7 Å². The van der Waals surface area contributed by atoms with Crippen LogP contribution in [0.5, 0.6) is 0 Å². The molecule has 0 radical (unpaired) electrons. The van der Waals surface area contributed by atoms with Crippen molar-refractivity contribution in [3.8, 4) is 0 Å². The van der Waals surface area contributed by atoms with E-state index in [0.717, 1.165) is 37.1 Å². The zero-order valence-corrected chi connectivity index (χ0v) is 14.5. The van der Waals surface area contributed by atoms with Crippen LogP contribution in [0.1, 0.15) is 43.7 Å². The Hall–Kier alpha value is -1.88. The van der Waals surface area contributed by atoms with Crippen molar-refractivity contribution in [2.45, 2.75) is 45.6 Å². The first-order valence-electron chi connectivity index (χ1n) is 8.81. The van der Waals surface area contributed by atoms with E-state index >= 15 is 0 Å². The summed E-state index contributed by atoms with van der Waals surface area (Å²) < 4.78 is 5.35. The first-order valence-corrected chi connectivity index (χ1v) is 8.81. The Morgan fingerprint density at radius 1 is 1.42 bits per heavy atom. The van der Waals surface area contributed by atoms with Gasteiger partial charge in [0.05, 0.1) is 17.7 Å². The number of benzene rings is 1. The van der Waals surface area contributed by atoms with E-state index in [-0.39, 0.29) is 12.1 Å². The van der Waals surface area contributed by atoms with Gasteiger partial charge in [0.25, 0.3) is 0 Å². The topological polar surface area (TPSA) is 59.9 Å². The number of piperidine rings is 1. The molecule has 1 fully saturated rings. The number of aryl methyl sites for hydroxylation is 1. The number of oxime groups is 1. The predicted octanol–water partition coefficient (Wildman–Crippen LogP) is 2.81. The molecule has 3 rings (SSSR count). The number of nitrogens with zero attached hydrogens (tertiary/aromatic N) is 1. The van der Waals surface area contributed by atoms with Crippen molar-refractivity contribution in [1.82, 2.24) is 5.32 Å². The third kappa shape index (κ3) is 3.61. The highest BCUT2D eigenvalue weighted by Gasteiger charge is 2.44. The Morgan fingerprint density at radius 2 is 2.21 bits per heavy atom. The lowest BCUT2D eigenvalue weighted by molar-refractivity contribution is -0.159. The Bertz CT molecular complexity index is 604. The summed E-state index contributed by atoms with van der Waals surface area (Å²) in [6.07, 6.45) is 3.16. The first-order chi connectivity index (χ1) is 11.6. The van der Waals surface area contributed by atoms with E-state index in [2.05, 4.69) is 41.7 Å². The van der Waals surface area contributed by atoms with Gasteiger partial charge < -0.3 is 14.9 Å². The number of hydrogen-bond donors (Lipinski definition) is 1. The van der Waals surface area contributed by atoms with E-state index in [9.17, 15) is 4.79 Å². The second-order valence-electron chi connectivity index (χ2n) is 6.82. The molecule has 1 aromatic carbocycles. The maximum atomic E-state index is 12.5. The number of carbonyl (C=O) groups is 1. The number of hydrogen-bond acceptors (Lipinski definition) is 5. The number of nitrogens with one attached hydrogen (secondary N) is 1. The van der Waals surface area contributed by atoms with Crippen molar-refractivity contribution in [2.75, 3.05) is 19.7 Å². The van der Waals surface area contributed by atoms with E-state index in [4.69, 9.17) is 9.57 Å². The quantitative estimate of drug-likeness (QED) is 0.844. The summed E-state index contributed by atoms with van der Waals surface area (Å²) in [7, 11) is 0. The largest absolute Gasteiger partial charge is 0.466 e. The minimum Gasteiger partial charge on any atom is -0.466 e. The maximum absolute atomic E-state index is 12.5. The lowest BCUT2D eigenvalue weighted by atomic mass is 9.75. The molecule has 2 aliphatic heterocycles. The van der Waals surface area contributed by atoms with Crippen LogP contribution in [0.3, 0.4) is 0 Å². The number of carbonyl (C=O) groups excluding carboxylic acids is 1. The molecule has 0 spiro atoms. The second-order valence-corrected chi connectivity index (χ2v) is 6.82. The third-order valence-corrected chi connectivity index (χ3v) is 4.92. The summed E-state index contributed by atoms with van der Waals surface area (Å²) in [4.78, 5) is 18.2. The molecule has 0 saturated carbocycles. The molecule has 5 heteroatoms. The van der Waals surface area contributed by atoms with Crippen LogP contribution < -0.4 is 5.32 Å². The van der Waals surface area contributed by atoms with Crippen molar-refractivity contribution in [2.24, 2.45) is 10.6 Å². The number of esters is 1. The molecule has 0 aliphatic carbocycles. The predicted molar refractivity (Wildman–Crippen MR) is 93.0 cm³/mol. The summed E-state index contributed by atoms with van der Waals surface area (Å²) in [6.45, 7) is 5.95. The average Bonchev–Trinajstić information content (AvgIpc) is 3.05. The van der Waals surface area contributed by atoms with Crippen LogP contribution in [0.25, 0.3) is 0 Å². The molecule has 0 bridgehead atoms. The SMILES string of the molecule is CCOC(=O)[C@]1(C[C@H]2CC(c3ccc(C)cc3)=NO2)CCCNC1. The molecule has 1 saturated heterocycles. The highest BCUT2D eigenvalue weighted by molar-refractivity contribution is 6.01. The Labute approximate surface area is 143 Å². The van der Waals surface area contributed by atoms with E-state index in [1.54, 1.807) is 0 Å². The van der Waals surface area contributed by atoms with E-state index in [0.29, 0.717) is 19.6 Å². The molecule has 5 nitrogen and oxygen atoms in total. The van der Waals surface area contributed by atoms with Crippen LogP contribution in [0.2, 0.25) is 0 Å². The molecule has 2 heterocycles. The third-order valence-electron chi connectivity index (χ3n) is 4.92. The van der Waals surface area contributed by atoms with Gasteiger partial charge in [-0.15, -0.1) is 0 Å². The number of rotatable bonds is 5. The van der Waals surface area contributed by atoms with Crippen LogP contribution in [0.4, 0.5) is 0 Å². The Morgan fingerprint density at radius 3 is 2.88 bits per heavy atom. The van der Waals surface area contributed by atoms with Crippen LogP contribution in [-0.4, -0.2) is 37.5 Å². The normalized spacial score (nSPS) is 26.6. The molecule has 0 unspecified atom stereocenters. The molecule has 0 amide bonds. The van der Waals surface area contributed by atoms with Gasteiger partial charge in [0, 0.05) is 19.4 Å². The van der Waals surface area contributed by atoms with Gasteiger partial charge in [-0.05, 0) is 38.8 Å². The molecule has 1 N–H and O–H groups in total. The molecule has 2 aliphatic rings. The number of ether oxygens (including phenoxy) is 1. The van der Waals surface area contributed by atoms with Gasteiger partial charge in [-0.1, -0.05) is 35.0 Å². The highest BCUT2D eigenvalue weighted by atomic mass is 16.6. The summed E-state index contributed by atoms with van der Waals surface area (Å²) >= 11 is 0. The lowest BCUT2D eigenvalue weighted by Gasteiger charge is -2.36. The molecule has 1 aromatic rings. The van der Waals surface area contributed by atoms with Gasteiger partial charge in [-0.3, -0.25) is 4.79 Å². The van der Waals surface area contributed by atoms with Crippen molar-refractivity contribution in [3.05, 3.63) is 35.4 Å². The molecule has 2 atom stereocenters. The zero-order chi connectivity index (χ0) is 17.0. The summed E-state index contributed by atoms with van der Waals surface area (Å²) in [5.41, 5.74) is 2.79. The maximum Gasteiger partial charge on any atom is 0.313 e. The smallest absolute Gasteiger partial charge is 0.313 e. The van der Waals surface area contributed by atoms with E-state index in [1.165, 1.54) is 5.56 Å². The molecular formula is C19H26N2O3. The van der Waals surface area contributed by atoms with Gasteiger partial charge in [-0.25, -0.2) is 0 Å². The summed E-state index contributed by atoms with van der Waals surface area (Å²) in [5, 5.41) is 7.61. The highest BCUT2D eigenvalue weighted by Crippen LogP contribution is 2.36. The standard InChI is InChI=1S/C19H26N2O3/c1-3-23-18(22)19(9-4-10-20-13-19)12-16-11-17(21-24-16)15-7-5-14(2)6-8-15/h5-8,16,20H,3-4,9-13H2,1-2H3/t16-,19+/m1/s1. The van der Waals surface area contributed by atoms with Gasteiger partial charge in [-0.2, -0.15) is 0 Å². The monoisotopic (exact) mass is 330 g/mol. The van der Waals surface area contributed by atoms with Gasteiger partial charge in [0.2, 0.25) is 0 Å². The first kappa shape index (κ1) is 17.0. The van der Waals surface area contributed by atoms with Gasteiger partial charge in [0.1, 0.15) is 6.10 Å². The van der Waals surface area contributed by atoms with E-state index in [1.807, 2.05) is 6.92 Å². The summed E-state index contributed by atoms with van der Waals surface area (Å²) in [6, 6.07) is 8.30. The van der Waals surface area contributed by atoms with Crippen molar-refractivity contribution in [1.29, 1.82) is 0 Å². The van der Waals surface area contributed by atoms with Gasteiger partial charge in [0.15, 0.2) is 0 Å². The lowest BCUT2D eigenvalue weighted by Crippen LogP contribution is -2.48. The van der Waals surface area contributed by atoms with Crippen LogP contribution in [0, 0.1) is 12.3 Å². The minimum atomic E-state index is -0.489. The van der Waals surface area contributed by atoms with Crippen LogP contribution in [0.15, 0.2) is 29.4 Å².